The molecule has 14 heteroatoms. The van der Waals surface area contributed by atoms with Crippen molar-refractivity contribution in [2.24, 2.45) is 0 Å². The molecule has 0 aliphatic carbocycles. The lowest BCUT2D eigenvalue weighted by atomic mass is 9.83. The van der Waals surface area contributed by atoms with E-state index in [2.05, 4.69) is 15.4 Å². The number of hydrogen-bond donors (Lipinski definition) is 4. The second kappa shape index (κ2) is 9.95. The van der Waals surface area contributed by atoms with E-state index in [0.29, 0.717) is 48.8 Å². The van der Waals surface area contributed by atoms with Crippen molar-refractivity contribution in [3.05, 3.63) is 47.4 Å². The van der Waals surface area contributed by atoms with Crippen molar-refractivity contribution in [1.29, 1.82) is 0 Å². The van der Waals surface area contributed by atoms with Crippen LogP contribution in [0, 0.1) is 0 Å². The van der Waals surface area contributed by atoms with Crippen LogP contribution in [0.1, 0.15) is 40.1 Å². The van der Waals surface area contributed by atoms with Crippen molar-refractivity contribution < 1.29 is 33.9 Å². The minimum absolute atomic E-state index is 0.120. The number of benzene rings is 1. The molecule has 2 aliphatic heterocycles. The second-order valence-corrected chi connectivity index (χ2v) is 9.97. The molecule has 3 aromatic rings. The van der Waals surface area contributed by atoms with Gasteiger partial charge in [0.25, 0.3) is 11.8 Å². The molecular formula is C24H28BFN6O6. The van der Waals surface area contributed by atoms with Crippen LogP contribution < -0.4 is 15.7 Å². The first-order valence-corrected chi connectivity index (χ1v) is 12.2. The summed E-state index contributed by atoms with van der Waals surface area (Å²) in [6.45, 7) is 4.67. The number of carbonyl (C=O) groups is 2. The largest absolute Gasteiger partial charge is 0.491 e. The van der Waals surface area contributed by atoms with Gasteiger partial charge in [0.2, 0.25) is 0 Å². The Hall–Kier alpha value is -3.59. The summed E-state index contributed by atoms with van der Waals surface area (Å²) >= 11 is 0. The van der Waals surface area contributed by atoms with E-state index >= 15 is 0 Å². The highest BCUT2D eigenvalue weighted by Crippen LogP contribution is 2.36. The zero-order valence-corrected chi connectivity index (χ0v) is 21.0. The van der Waals surface area contributed by atoms with Crippen LogP contribution in [0.25, 0.3) is 5.65 Å². The number of nitrogens with one attached hydrogen (secondary N) is 1. The van der Waals surface area contributed by atoms with Gasteiger partial charge >= 0.3 is 7.12 Å². The Balaban J connectivity index is 1.46. The summed E-state index contributed by atoms with van der Waals surface area (Å²) in [5, 5.41) is 35.7. The average molecular weight is 526 g/mol. The molecule has 0 unspecified atom stereocenters. The van der Waals surface area contributed by atoms with Gasteiger partial charge in [0, 0.05) is 43.1 Å². The van der Waals surface area contributed by atoms with E-state index < -0.39 is 24.8 Å². The van der Waals surface area contributed by atoms with E-state index in [0.717, 1.165) is 0 Å². The van der Waals surface area contributed by atoms with Crippen molar-refractivity contribution in [2.45, 2.75) is 32.2 Å². The van der Waals surface area contributed by atoms with Crippen molar-refractivity contribution in [2.75, 3.05) is 43.1 Å². The highest BCUT2D eigenvalue weighted by molar-refractivity contribution is 6.58. The number of nitrogens with zero attached hydrogens (tertiary/aromatic N) is 5. The number of ether oxygens (including phenoxy) is 1. The second-order valence-electron chi connectivity index (χ2n) is 9.97. The van der Waals surface area contributed by atoms with Gasteiger partial charge in [0.05, 0.1) is 42.9 Å². The SMILES string of the molecule is CC(C)(O)[C@H](F)CN1Cc2cc(NC(=O)c3cnn4cc(B(O)O)cnc34)c(N3CCOCC3)cc2C1=O. The number of alkyl halides is 1. The van der Waals surface area contributed by atoms with Gasteiger partial charge in [0.1, 0.15) is 11.7 Å². The fourth-order valence-electron chi connectivity index (χ4n) is 4.51. The number of halogens is 1. The molecule has 200 valence electrons. The zero-order valence-electron chi connectivity index (χ0n) is 21.0. The first kappa shape index (κ1) is 26.0. The smallest absolute Gasteiger partial charge is 0.423 e. The van der Waals surface area contributed by atoms with Gasteiger partial charge < -0.3 is 35.0 Å². The number of carbonyl (C=O) groups excluding carboxylic acids is 2. The van der Waals surface area contributed by atoms with Crippen LogP contribution in [0.5, 0.6) is 0 Å². The molecule has 5 rings (SSSR count). The lowest BCUT2D eigenvalue weighted by molar-refractivity contribution is -0.0159. The van der Waals surface area contributed by atoms with Gasteiger partial charge in [-0.1, -0.05) is 0 Å². The Morgan fingerprint density at radius 2 is 2.00 bits per heavy atom. The summed E-state index contributed by atoms with van der Waals surface area (Å²) in [7, 11) is -1.73. The Labute approximate surface area is 217 Å². The van der Waals surface area contributed by atoms with Crippen molar-refractivity contribution in [3.8, 4) is 0 Å². The summed E-state index contributed by atoms with van der Waals surface area (Å²) in [5.41, 5.74) is 1.06. The summed E-state index contributed by atoms with van der Waals surface area (Å²) < 4.78 is 21.3. The number of fused-ring (bicyclic) bond motifs is 2. The van der Waals surface area contributed by atoms with Gasteiger partial charge in [0.15, 0.2) is 5.65 Å². The van der Waals surface area contributed by atoms with Crippen LogP contribution in [-0.2, 0) is 11.3 Å². The van der Waals surface area contributed by atoms with Gasteiger partial charge in [-0.15, -0.1) is 0 Å². The first-order chi connectivity index (χ1) is 18.0. The predicted molar refractivity (Wildman–Crippen MR) is 136 cm³/mol. The average Bonchev–Trinajstić information content (AvgIpc) is 3.43. The topological polar surface area (TPSA) is 153 Å². The zero-order chi connectivity index (χ0) is 27.2. The quantitative estimate of drug-likeness (QED) is 0.300. The summed E-state index contributed by atoms with van der Waals surface area (Å²) in [6, 6.07) is 3.42. The van der Waals surface area contributed by atoms with Gasteiger partial charge in [-0.05, 0) is 31.5 Å². The molecule has 1 saturated heterocycles. The molecule has 12 nitrogen and oxygen atoms in total. The molecule has 4 N–H and O–H groups in total. The van der Waals surface area contributed by atoms with Gasteiger partial charge in [-0.2, -0.15) is 5.10 Å². The van der Waals surface area contributed by atoms with Gasteiger partial charge in [-0.25, -0.2) is 13.9 Å². The molecule has 1 aromatic carbocycles. The number of aliphatic hydroxyl groups is 1. The molecule has 0 bridgehead atoms. The predicted octanol–water partition coefficient (Wildman–Crippen LogP) is -0.437. The monoisotopic (exact) mass is 526 g/mol. The van der Waals surface area contributed by atoms with Crippen molar-refractivity contribution in [1.82, 2.24) is 19.5 Å². The number of aromatic nitrogens is 3. The third-order valence-electron chi connectivity index (χ3n) is 6.77. The van der Waals surface area contributed by atoms with Crippen LogP contribution in [0.15, 0.2) is 30.7 Å². The van der Waals surface area contributed by atoms with E-state index in [9.17, 15) is 29.1 Å². The molecule has 1 atom stereocenters. The first-order valence-electron chi connectivity index (χ1n) is 12.2. The molecule has 1 fully saturated rings. The van der Waals surface area contributed by atoms with Crippen molar-refractivity contribution >= 4 is 41.4 Å². The molecule has 0 saturated carbocycles. The lowest BCUT2D eigenvalue weighted by Crippen LogP contribution is -2.42. The Morgan fingerprint density at radius 1 is 1.26 bits per heavy atom. The van der Waals surface area contributed by atoms with Crippen LogP contribution in [0.4, 0.5) is 15.8 Å². The maximum absolute atomic E-state index is 14.6. The number of morpholine rings is 1. The molecule has 2 aromatic heterocycles. The van der Waals surface area contributed by atoms with Crippen LogP contribution in [0.2, 0.25) is 0 Å². The highest BCUT2D eigenvalue weighted by Gasteiger charge is 2.36. The minimum atomic E-state index is -1.73. The molecule has 2 aliphatic rings. The van der Waals surface area contributed by atoms with Gasteiger partial charge in [-0.3, -0.25) is 9.59 Å². The molecule has 0 spiro atoms. The fraction of sp³-hybridized carbons (Fsp3) is 0.417. The van der Waals surface area contributed by atoms with Crippen molar-refractivity contribution in [3.63, 3.8) is 0 Å². The summed E-state index contributed by atoms with van der Waals surface area (Å²) in [5.74, 6) is -0.834. The Bertz CT molecular complexity index is 1390. The Kier molecular flexibility index (Phi) is 6.82. The molecule has 4 heterocycles. The van der Waals surface area contributed by atoms with E-state index in [4.69, 9.17) is 4.74 Å². The van der Waals surface area contributed by atoms with E-state index in [-0.39, 0.29) is 35.7 Å². The third-order valence-corrected chi connectivity index (χ3v) is 6.77. The summed E-state index contributed by atoms with van der Waals surface area (Å²) in [6.07, 6.45) is 2.31. The van der Waals surface area contributed by atoms with E-state index in [1.807, 2.05) is 4.90 Å². The molecular weight excluding hydrogens is 498 g/mol. The number of rotatable bonds is 7. The van der Waals surface area contributed by atoms with Crippen LogP contribution in [-0.4, -0.2) is 98.2 Å². The van der Waals surface area contributed by atoms with Crippen LogP contribution in [0.3, 0.4) is 0 Å². The molecule has 38 heavy (non-hydrogen) atoms. The van der Waals surface area contributed by atoms with E-state index in [1.54, 1.807) is 12.1 Å². The standard InChI is InChI=1S/C24H28BFN6O6/c1-24(2,35)20(26)13-31-11-14-7-18(19(8-16(14)23(31)34)30-3-5-38-6-4-30)29-22(33)17-10-28-32-12-15(25(36)37)9-27-21(17)32/h7-10,12,20,35-37H,3-6,11,13H2,1-2H3,(H,29,33)/t20-/m1/s1. The maximum atomic E-state index is 14.6. The normalized spacial score (nSPS) is 16.6. The number of anilines is 2. The highest BCUT2D eigenvalue weighted by atomic mass is 19.1. The summed E-state index contributed by atoms with van der Waals surface area (Å²) in [4.78, 5) is 34.0. The minimum Gasteiger partial charge on any atom is -0.423 e. The van der Waals surface area contributed by atoms with E-state index in [1.165, 1.54) is 41.9 Å². The number of hydrogen-bond acceptors (Lipinski definition) is 9. The number of amides is 2. The fourth-order valence-corrected chi connectivity index (χ4v) is 4.51. The maximum Gasteiger partial charge on any atom is 0.491 e. The molecule has 2 amide bonds. The lowest BCUT2D eigenvalue weighted by Gasteiger charge is -2.31. The van der Waals surface area contributed by atoms with Crippen LogP contribution >= 0.6 is 0 Å². The Morgan fingerprint density at radius 3 is 2.68 bits per heavy atom. The molecule has 0 radical (unpaired) electrons. The third kappa shape index (κ3) is 4.95.